The lowest BCUT2D eigenvalue weighted by Gasteiger charge is -2.30. The molecule has 2 heterocycles. The lowest BCUT2D eigenvalue weighted by atomic mass is 9.95. The number of amides is 2. The molecular weight excluding hydrogens is 353 g/mol. The first kappa shape index (κ1) is 18.5. The topological polar surface area (TPSA) is 70.2 Å². The van der Waals surface area contributed by atoms with Crippen LogP contribution in [0.1, 0.15) is 38.9 Å². The van der Waals surface area contributed by atoms with Crippen LogP contribution in [0.5, 0.6) is 0 Å². The molecule has 0 bridgehead atoms. The van der Waals surface area contributed by atoms with Crippen molar-refractivity contribution in [3.8, 4) is 0 Å². The molecule has 2 aromatic rings. The van der Waals surface area contributed by atoms with Crippen LogP contribution in [0, 0.1) is 18.7 Å². The van der Waals surface area contributed by atoms with Gasteiger partial charge in [0.2, 0.25) is 0 Å². The maximum atomic E-state index is 13.3. The molecule has 1 aliphatic rings. The summed E-state index contributed by atoms with van der Waals surface area (Å²) in [5, 5.41) is 9.67. The number of rotatable bonds is 4. The summed E-state index contributed by atoms with van der Waals surface area (Å²) in [6.45, 7) is 5.71. The van der Waals surface area contributed by atoms with Gasteiger partial charge in [0.25, 0.3) is 11.8 Å². The largest absolute Gasteiger partial charge is 0.347 e. The number of hydrogen-bond donors (Lipinski definition) is 3. The van der Waals surface area contributed by atoms with Crippen molar-refractivity contribution in [2.75, 3.05) is 18.4 Å². The van der Waals surface area contributed by atoms with Gasteiger partial charge in [-0.1, -0.05) is 13.0 Å². The predicted octanol–water partition coefficient (Wildman–Crippen LogP) is 3.18. The van der Waals surface area contributed by atoms with Gasteiger partial charge in [0.1, 0.15) is 5.82 Å². The maximum Gasteiger partial charge on any atom is 0.261 e. The molecule has 2 atom stereocenters. The van der Waals surface area contributed by atoms with Gasteiger partial charge in [0.05, 0.1) is 9.88 Å². The summed E-state index contributed by atoms with van der Waals surface area (Å²) in [6, 6.07) is 7.37. The van der Waals surface area contributed by atoms with E-state index in [0.717, 1.165) is 25.1 Å². The summed E-state index contributed by atoms with van der Waals surface area (Å²) >= 11 is 1.23. The van der Waals surface area contributed by atoms with Crippen LogP contribution in [-0.4, -0.2) is 30.9 Å². The molecule has 1 fully saturated rings. The molecule has 1 aliphatic heterocycles. The third-order valence-corrected chi connectivity index (χ3v) is 5.74. The van der Waals surface area contributed by atoms with Crippen molar-refractivity contribution < 1.29 is 14.0 Å². The van der Waals surface area contributed by atoms with Gasteiger partial charge in [-0.3, -0.25) is 9.59 Å². The second kappa shape index (κ2) is 7.97. The summed E-state index contributed by atoms with van der Waals surface area (Å²) in [7, 11) is 0. The number of anilines is 1. The molecular formula is C19H22FN3O2S. The van der Waals surface area contributed by atoms with Gasteiger partial charge in [-0.15, -0.1) is 11.3 Å². The Kier molecular flexibility index (Phi) is 5.68. The number of aryl methyl sites for hydroxylation is 1. The van der Waals surface area contributed by atoms with E-state index in [1.165, 1.54) is 29.5 Å². The molecule has 3 N–H and O–H groups in total. The molecule has 2 unspecified atom stereocenters. The molecule has 7 heteroatoms. The van der Waals surface area contributed by atoms with Gasteiger partial charge in [-0.25, -0.2) is 4.39 Å². The number of carbonyl (C=O) groups excluding carboxylic acids is 2. The summed E-state index contributed by atoms with van der Waals surface area (Å²) < 4.78 is 13.3. The summed E-state index contributed by atoms with van der Waals surface area (Å²) in [5.74, 6) is -0.565. The second-order valence-electron chi connectivity index (χ2n) is 6.64. The second-order valence-corrected chi connectivity index (χ2v) is 7.69. The van der Waals surface area contributed by atoms with Crippen molar-refractivity contribution in [1.29, 1.82) is 0 Å². The van der Waals surface area contributed by atoms with Crippen molar-refractivity contribution in [3.05, 3.63) is 52.2 Å². The van der Waals surface area contributed by atoms with E-state index >= 15 is 0 Å². The minimum Gasteiger partial charge on any atom is -0.347 e. The average Bonchev–Trinajstić information content (AvgIpc) is 2.97. The van der Waals surface area contributed by atoms with Crippen molar-refractivity contribution in [3.63, 3.8) is 0 Å². The van der Waals surface area contributed by atoms with E-state index in [9.17, 15) is 14.0 Å². The van der Waals surface area contributed by atoms with Gasteiger partial charge in [0, 0.05) is 18.2 Å². The molecule has 1 aromatic heterocycles. The Bertz CT molecular complexity index is 821. The van der Waals surface area contributed by atoms with E-state index in [1.807, 2.05) is 6.92 Å². The third kappa shape index (κ3) is 4.28. The monoisotopic (exact) mass is 375 g/mol. The molecule has 0 spiro atoms. The van der Waals surface area contributed by atoms with Crippen molar-refractivity contribution in [2.24, 2.45) is 5.92 Å². The van der Waals surface area contributed by atoms with Crippen molar-refractivity contribution in [1.82, 2.24) is 10.6 Å². The number of benzene rings is 1. The first-order chi connectivity index (χ1) is 12.4. The van der Waals surface area contributed by atoms with E-state index in [4.69, 9.17) is 0 Å². The van der Waals surface area contributed by atoms with E-state index < -0.39 is 11.7 Å². The standard InChI is InChI=1S/C19H22FN3O2S/c1-11-6-7-21-10-15(11)22-19(25)17-12(2)8-16(26-17)23-18(24)13-4-3-5-14(20)9-13/h3-5,8-9,11,15,21H,6-7,10H2,1-2H3,(H,22,25)(H,23,24). The number of thiophene rings is 1. The normalized spacial score (nSPS) is 19.8. The molecule has 5 nitrogen and oxygen atoms in total. The Morgan fingerprint density at radius 3 is 2.81 bits per heavy atom. The first-order valence-corrected chi connectivity index (χ1v) is 9.44. The molecule has 138 valence electrons. The molecule has 0 radical (unpaired) electrons. The quantitative estimate of drug-likeness (QED) is 0.769. The third-order valence-electron chi connectivity index (χ3n) is 4.59. The molecule has 0 aliphatic carbocycles. The Morgan fingerprint density at radius 1 is 1.27 bits per heavy atom. The number of carbonyl (C=O) groups is 2. The van der Waals surface area contributed by atoms with Crippen molar-refractivity contribution >= 4 is 28.2 Å². The zero-order chi connectivity index (χ0) is 18.7. The van der Waals surface area contributed by atoms with E-state index in [-0.39, 0.29) is 17.5 Å². The highest BCUT2D eigenvalue weighted by Gasteiger charge is 2.24. The summed E-state index contributed by atoms with van der Waals surface area (Å²) in [6.07, 6.45) is 1.03. The Balaban J connectivity index is 1.68. The minimum atomic E-state index is -0.463. The van der Waals surface area contributed by atoms with Crippen LogP contribution in [0.4, 0.5) is 9.39 Å². The fourth-order valence-corrected chi connectivity index (χ4v) is 3.97. The van der Waals surface area contributed by atoms with Crippen LogP contribution >= 0.6 is 11.3 Å². The van der Waals surface area contributed by atoms with Crippen molar-refractivity contribution in [2.45, 2.75) is 26.3 Å². The Labute approximate surface area is 156 Å². The summed E-state index contributed by atoms with van der Waals surface area (Å²) in [4.78, 5) is 25.4. The number of nitrogens with one attached hydrogen (secondary N) is 3. The van der Waals surface area contributed by atoms with Gasteiger partial charge in [-0.2, -0.15) is 0 Å². The molecule has 26 heavy (non-hydrogen) atoms. The van der Waals surface area contributed by atoms with Crippen LogP contribution in [-0.2, 0) is 0 Å². The highest BCUT2D eigenvalue weighted by atomic mass is 32.1. The number of halogens is 1. The lowest BCUT2D eigenvalue weighted by molar-refractivity contribution is 0.0918. The van der Waals surface area contributed by atoms with Gasteiger partial charge >= 0.3 is 0 Å². The van der Waals surface area contributed by atoms with Crippen LogP contribution in [0.25, 0.3) is 0 Å². The predicted molar refractivity (Wildman–Crippen MR) is 101 cm³/mol. The van der Waals surface area contributed by atoms with E-state index in [2.05, 4.69) is 22.9 Å². The number of piperidine rings is 1. The molecule has 1 aromatic carbocycles. The van der Waals surface area contributed by atoms with E-state index in [0.29, 0.717) is 15.8 Å². The maximum absolute atomic E-state index is 13.3. The van der Waals surface area contributed by atoms with Gasteiger partial charge < -0.3 is 16.0 Å². The van der Waals surface area contributed by atoms with Crippen LogP contribution < -0.4 is 16.0 Å². The van der Waals surface area contributed by atoms with Crippen LogP contribution in [0.2, 0.25) is 0 Å². The Hall–Kier alpha value is -2.25. The first-order valence-electron chi connectivity index (χ1n) is 8.63. The lowest BCUT2D eigenvalue weighted by Crippen LogP contribution is -2.50. The highest BCUT2D eigenvalue weighted by molar-refractivity contribution is 7.18. The van der Waals surface area contributed by atoms with Gasteiger partial charge in [0.15, 0.2) is 0 Å². The number of hydrogen-bond acceptors (Lipinski definition) is 4. The fraction of sp³-hybridized carbons (Fsp3) is 0.368. The molecule has 3 rings (SSSR count). The van der Waals surface area contributed by atoms with Crippen LogP contribution in [0.3, 0.4) is 0 Å². The SMILES string of the molecule is Cc1cc(NC(=O)c2cccc(F)c2)sc1C(=O)NC1CNCCC1C. The average molecular weight is 375 g/mol. The fourth-order valence-electron chi connectivity index (χ4n) is 3.00. The minimum absolute atomic E-state index is 0.100. The zero-order valence-corrected chi connectivity index (χ0v) is 15.6. The molecule has 1 saturated heterocycles. The summed E-state index contributed by atoms with van der Waals surface area (Å²) in [5.41, 5.74) is 1.04. The van der Waals surface area contributed by atoms with Crippen LogP contribution in [0.15, 0.2) is 30.3 Å². The smallest absolute Gasteiger partial charge is 0.261 e. The zero-order valence-electron chi connectivity index (χ0n) is 14.8. The van der Waals surface area contributed by atoms with Gasteiger partial charge in [-0.05, 0) is 55.6 Å². The molecule has 0 saturated carbocycles. The Morgan fingerprint density at radius 2 is 2.08 bits per heavy atom. The molecule has 2 amide bonds. The highest BCUT2D eigenvalue weighted by Crippen LogP contribution is 2.27. The van der Waals surface area contributed by atoms with E-state index in [1.54, 1.807) is 12.1 Å².